The van der Waals surface area contributed by atoms with Gasteiger partial charge in [-0.25, -0.2) is 0 Å². The van der Waals surface area contributed by atoms with Gasteiger partial charge in [0.15, 0.2) is 8.32 Å². The average Bonchev–Trinajstić information content (AvgIpc) is 2.22. The van der Waals surface area contributed by atoms with Crippen molar-refractivity contribution in [2.75, 3.05) is 7.11 Å². The number of esters is 1. The van der Waals surface area contributed by atoms with E-state index in [-0.39, 0.29) is 12.1 Å². The quantitative estimate of drug-likeness (QED) is 0.421. The number of methoxy groups -OCH3 is 1. The van der Waals surface area contributed by atoms with Gasteiger partial charge in [0, 0.05) is 6.42 Å². The molecule has 0 N–H and O–H groups in total. The molecule has 0 amide bonds. The van der Waals surface area contributed by atoms with Crippen LogP contribution in [0, 0.1) is 5.92 Å². The Labute approximate surface area is 134 Å². The molecule has 0 rings (SSSR count). The molecule has 112 valence electrons. The van der Waals surface area contributed by atoms with Gasteiger partial charge in [-0.05, 0) is 69.4 Å². The summed E-state index contributed by atoms with van der Waals surface area (Å²) in [6, 6.07) is 1.11. The first kappa shape index (κ1) is 19.3. The van der Waals surface area contributed by atoms with Gasteiger partial charge in [0.2, 0.25) is 0 Å². The molecular weight excluding hydrogens is 392 g/mol. The zero-order chi connectivity index (χ0) is 15.1. The summed E-state index contributed by atoms with van der Waals surface area (Å²) in [6.07, 6.45) is 2.91. The van der Waals surface area contributed by atoms with Crippen LogP contribution in [0.15, 0.2) is 9.47 Å². The molecule has 0 saturated carbocycles. The van der Waals surface area contributed by atoms with Crippen LogP contribution in [0.25, 0.3) is 0 Å². The molecule has 0 bridgehead atoms. The molecule has 0 aliphatic rings. The van der Waals surface area contributed by atoms with Crippen molar-refractivity contribution in [1.82, 2.24) is 0 Å². The molecule has 0 radical (unpaired) electrons. The Hall–Kier alpha value is 0.347. The molecule has 0 spiro atoms. The number of hydrogen-bond acceptors (Lipinski definition) is 3. The molecule has 0 aliphatic carbocycles. The molecule has 0 heterocycles. The van der Waals surface area contributed by atoms with Crippen LogP contribution < -0.4 is 0 Å². The monoisotopic (exact) mass is 414 g/mol. The van der Waals surface area contributed by atoms with E-state index >= 15 is 0 Å². The smallest absolute Gasteiger partial charge is 0.305 e. The Balaban J connectivity index is 4.59. The Morgan fingerprint density at radius 1 is 1.32 bits per heavy atom. The van der Waals surface area contributed by atoms with E-state index in [1.807, 2.05) is 6.08 Å². The van der Waals surface area contributed by atoms with Crippen molar-refractivity contribution in [1.29, 1.82) is 0 Å². The lowest BCUT2D eigenvalue weighted by molar-refractivity contribution is -0.141. The zero-order valence-corrected chi connectivity index (χ0v) is 16.5. The second kappa shape index (κ2) is 9.31. The maximum Gasteiger partial charge on any atom is 0.305 e. The van der Waals surface area contributed by atoms with E-state index in [0.717, 1.165) is 9.44 Å². The minimum Gasteiger partial charge on any atom is -0.469 e. The molecule has 3 nitrogen and oxygen atoms in total. The highest BCUT2D eigenvalue weighted by molar-refractivity contribution is 9.28. The number of halogens is 2. The van der Waals surface area contributed by atoms with Crippen LogP contribution >= 0.6 is 31.9 Å². The van der Waals surface area contributed by atoms with Gasteiger partial charge in [0.25, 0.3) is 0 Å². The molecule has 0 unspecified atom stereocenters. The first-order valence-electron chi connectivity index (χ1n) is 6.43. The summed E-state index contributed by atoms with van der Waals surface area (Å²) in [6.45, 7) is 8.85. The van der Waals surface area contributed by atoms with Crippen molar-refractivity contribution in [2.24, 2.45) is 5.92 Å². The van der Waals surface area contributed by atoms with Crippen LogP contribution in [0.5, 0.6) is 0 Å². The summed E-state index contributed by atoms with van der Waals surface area (Å²) in [5, 5.41) is 0. The van der Waals surface area contributed by atoms with Gasteiger partial charge in [-0.3, -0.25) is 4.79 Å². The molecule has 0 aliphatic heterocycles. The SMILES string of the molecule is COC(=O)CC[C@@H](C=C(Br)Br)O[Si](C)(C)CC(C)C. The Kier molecular flexibility index (Phi) is 9.48. The van der Waals surface area contributed by atoms with Gasteiger partial charge < -0.3 is 9.16 Å². The van der Waals surface area contributed by atoms with E-state index in [9.17, 15) is 4.79 Å². The summed E-state index contributed by atoms with van der Waals surface area (Å²) in [5.74, 6) is 0.426. The molecule has 0 aromatic carbocycles. The van der Waals surface area contributed by atoms with Gasteiger partial charge in [-0.15, -0.1) is 0 Å². The predicted octanol–water partition coefficient (Wildman–Crippen LogP) is 4.82. The summed E-state index contributed by atoms with van der Waals surface area (Å²) < 4.78 is 11.8. The fraction of sp³-hybridized carbons (Fsp3) is 0.769. The zero-order valence-electron chi connectivity index (χ0n) is 12.3. The van der Waals surface area contributed by atoms with Crippen LogP contribution in [0.4, 0.5) is 0 Å². The summed E-state index contributed by atoms with van der Waals surface area (Å²) in [7, 11) is -0.308. The van der Waals surface area contributed by atoms with Gasteiger partial charge >= 0.3 is 5.97 Å². The largest absolute Gasteiger partial charge is 0.469 e. The average molecular weight is 416 g/mol. The van der Waals surface area contributed by atoms with E-state index < -0.39 is 8.32 Å². The number of ether oxygens (including phenoxy) is 1. The summed E-state index contributed by atoms with van der Waals surface area (Å²) in [4.78, 5) is 11.2. The number of carbonyl (C=O) groups excluding carboxylic acids is 1. The van der Waals surface area contributed by atoms with Crippen LogP contribution in [-0.2, 0) is 14.0 Å². The highest BCUT2D eigenvalue weighted by Crippen LogP contribution is 2.24. The second-order valence-electron chi connectivity index (χ2n) is 5.59. The molecule has 6 heteroatoms. The number of rotatable bonds is 8. The molecular formula is C13H24Br2O3Si. The molecule has 1 atom stereocenters. The van der Waals surface area contributed by atoms with Crippen molar-refractivity contribution in [3.05, 3.63) is 9.47 Å². The third-order valence-electron chi connectivity index (χ3n) is 2.54. The topological polar surface area (TPSA) is 35.5 Å². The fourth-order valence-electron chi connectivity index (χ4n) is 2.12. The maximum atomic E-state index is 11.2. The van der Waals surface area contributed by atoms with E-state index in [2.05, 4.69) is 63.5 Å². The molecule has 0 aromatic heterocycles. The van der Waals surface area contributed by atoms with Gasteiger partial charge in [-0.1, -0.05) is 13.8 Å². The van der Waals surface area contributed by atoms with Crippen LogP contribution in [-0.4, -0.2) is 27.5 Å². The molecule has 0 aromatic rings. The van der Waals surface area contributed by atoms with Crippen molar-refractivity contribution in [3.8, 4) is 0 Å². The number of carbonyl (C=O) groups is 1. The van der Waals surface area contributed by atoms with Gasteiger partial charge in [-0.2, -0.15) is 0 Å². The van der Waals surface area contributed by atoms with E-state index in [1.54, 1.807) is 0 Å². The van der Waals surface area contributed by atoms with E-state index in [1.165, 1.54) is 7.11 Å². The number of hydrogen-bond donors (Lipinski definition) is 0. The molecule has 19 heavy (non-hydrogen) atoms. The van der Waals surface area contributed by atoms with Crippen LogP contribution in [0.3, 0.4) is 0 Å². The van der Waals surface area contributed by atoms with Crippen molar-refractivity contribution >= 4 is 46.1 Å². The highest BCUT2D eigenvalue weighted by Gasteiger charge is 2.27. The lowest BCUT2D eigenvalue weighted by Crippen LogP contribution is -2.36. The van der Waals surface area contributed by atoms with Crippen molar-refractivity contribution in [2.45, 2.75) is 51.9 Å². The Bertz CT molecular complexity index is 313. The lowest BCUT2D eigenvalue weighted by Gasteiger charge is -2.29. The van der Waals surface area contributed by atoms with Crippen molar-refractivity contribution in [3.63, 3.8) is 0 Å². The van der Waals surface area contributed by atoms with Gasteiger partial charge in [0.05, 0.1) is 16.6 Å². The van der Waals surface area contributed by atoms with Crippen LogP contribution in [0.1, 0.15) is 26.7 Å². The van der Waals surface area contributed by atoms with E-state index in [0.29, 0.717) is 18.8 Å². The molecule has 0 fully saturated rings. The highest BCUT2D eigenvalue weighted by atomic mass is 79.9. The van der Waals surface area contributed by atoms with E-state index in [4.69, 9.17) is 4.43 Å². The lowest BCUT2D eigenvalue weighted by atomic mass is 10.2. The van der Waals surface area contributed by atoms with Crippen molar-refractivity contribution < 1.29 is 14.0 Å². The fourth-order valence-corrected chi connectivity index (χ4v) is 5.78. The first-order chi connectivity index (χ1) is 8.66. The minimum absolute atomic E-state index is 0.0618. The standard InChI is InChI=1S/C13H24Br2O3Si/c1-10(2)9-19(4,5)18-11(8-12(14)15)6-7-13(16)17-3/h8,10-11H,6-7,9H2,1-5H3/t11-/m0/s1. The first-order valence-corrected chi connectivity index (χ1v) is 11.1. The van der Waals surface area contributed by atoms with Gasteiger partial charge in [0.1, 0.15) is 0 Å². The third-order valence-corrected chi connectivity index (χ3v) is 5.81. The normalized spacial score (nSPS) is 13.3. The summed E-state index contributed by atoms with van der Waals surface area (Å²) in [5.41, 5.74) is 0. The maximum absolute atomic E-state index is 11.2. The predicted molar refractivity (Wildman–Crippen MR) is 89.2 cm³/mol. The minimum atomic E-state index is -1.72. The third kappa shape index (κ3) is 10.8. The Morgan fingerprint density at radius 2 is 1.89 bits per heavy atom. The van der Waals surface area contributed by atoms with Crippen LogP contribution in [0.2, 0.25) is 19.1 Å². The second-order valence-corrected chi connectivity index (χ2v) is 12.5. The Morgan fingerprint density at radius 3 is 2.32 bits per heavy atom. The summed E-state index contributed by atoms with van der Waals surface area (Å²) >= 11 is 6.71. The molecule has 0 saturated heterocycles.